The van der Waals surface area contributed by atoms with Crippen LogP contribution in [0, 0.1) is 6.92 Å². The van der Waals surface area contributed by atoms with E-state index in [1.54, 1.807) is 23.2 Å². The smallest absolute Gasteiger partial charge is 0.276 e. The van der Waals surface area contributed by atoms with Gasteiger partial charge in [-0.1, -0.05) is 0 Å². The van der Waals surface area contributed by atoms with Crippen LogP contribution in [-0.4, -0.2) is 15.9 Å². The van der Waals surface area contributed by atoms with Crippen LogP contribution in [0.4, 0.5) is 5.82 Å². The van der Waals surface area contributed by atoms with Crippen molar-refractivity contribution in [1.29, 1.82) is 0 Å². The van der Waals surface area contributed by atoms with Gasteiger partial charge in [0.05, 0.1) is 5.51 Å². The maximum atomic E-state index is 11.7. The summed E-state index contributed by atoms with van der Waals surface area (Å²) in [5, 5.41) is 4.38. The number of hydrogen-bond donors (Lipinski definition) is 1. The van der Waals surface area contributed by atoms with Gasteiger partial charge in [0.15, 0.2) is 0 Å². The normalized spacial score (nSPS) is 10.1. The first kappa shape index (κ1) is 11.2. The molecule has 0 atom stereocenters. The third-order valence-electron chi connectivity index (χ3n) is 1.95. The Morgan fingerprint density at radius 1 is 1.50 bits per heavy atom. The minimum atomic E-state index is -0.240. The number of nitrogens with one attached hydrogen (secondary N) is 1. The largest absolute Gasteiger partial charge is 0.305 e. The van der Waals surface area contributed by atoms with Gasteiger partial charge in [0.1, 0.15) is 11.5 Å². The van der Waals surface area contributed by atoms with Gasteiger partial charge < -0.3 is 5.32 Å². The molecule has 2 rings (SSSR count). The molecule has 16 heavy (non-hydrogen) atoms. The zero-order valence-corrected chi connectivity index (χ0v) is 10.8. The number of halogens is 1. The molecule has 0 spiro atoms. The fraction of sp³-hybridized carbons (Fsp3) is 0.100. The van der Waals surface area contributed by atoms with Crippen LogP contribution in [0.2, 0.25) is 0 Å². The lowest BCUT2D eigenvalue weighted by molar-refractivity contribution is 0.102. The lowest BCUT2D eigenvalue weighted by atomic mass is 10.3. The van der Waals surface area contributed by atoms with Gasteiger partial charge in [-0.2, -0.15) is 0 Å². The molecule has 1 amide bonds. The van der Waals surface area contributed by atoms with E-state index >= 15 is 0 Å². The van der Waals surface area contributed by atoms with Crippen molar-refractivity contribution in [2.45, 2.75) is 6.92 Å². The molecule has 0 saturated carbocycles. The van der Waals surface area contributed by atoms with E-state index in [1.807, 2.05) is 6.92 Å². The molecule has 2 aromatic rings. The van der Waals surface area contributed by atoms with Gasteiger partial charge in [-0.25, -0.2) is 9.97 Å². The predicted octanol–water partition coefficient (Wildman–Crippen LogP) is 2.86. The van der Waals surface area contributed by atoms with Gasteiger partial charge in [0.25, 0.3) is 5.91 Å². The van der Waals surface area contributed by atoms with Gasteiger partial charge in [-0.05, 0) is 34.5 Å². The molecule has 0 saturated heterocycles. The molecule has 0 aromatic carbocycles. The molecular formula is C10H8BrN3OS. The molecular weight excluding hydrogens is 290 g/mol. The molecule has 2 heterocycles. The summed E-state index contributed by atoms with van der Waals surface area (Å²) < 4.78 is 0.916. The Labute approximate surface area is 105 Å². The second-order valence-electron chi connectivity index (χ2n) is 3.15. The number of amides is 1. The molecule has 2 aromatic heterocycles. The second kappa shape index (κ2) is 4.71. The maximum absolute atomic E-state index is 11.7. The van der Waals surface area contributed by atoms with Crippen LogP contribution in [0.25, 0.3) is 0 Å². The van der Waals surface area contributed by atoms with E-state index in [9.17, 15) is 4.79 Å². The van der Waals surface area contributed by atoms with E-state index in [0.29, 0.717) is 11.5 Å². The van der Waals surface area contributed by atoms with Crippen LogP contribution in [0.15, 0.2) is 27.6 Å². The zero-order chi connectivity index (χ0) is 11.5. The number of aromatic nitrogens is 2. The SMILES string of the molecule is Cc1cc(NC(=O)c2cscn2)ncc1Br. The molecule has 0 aliphatic heterocycles. The number of nitrogens with zero attached hydrogens (tertiary/aromatic N) is 2. The van der Waals surface area contributed by atoms with Crippen molar-refractivity contribution in [3.05, 3.63) is 38.9 Å². The van der Waals surface area contributed by atoms with E-state index in [0.717, 1.165) is 10.0 Å². The Kier molecular flexibility index (Phi) is 3.31. The first-order chi connectivity index (χ1) is 7.66. The average molecular weight is 298 g/mol. The molecule has 6 heteroatoms. The Morgan fingerprint density at radius 3 is 2.94 bits per heavy atom. The summed E-state index contributed by atoms with van der Waals surface area (Å²) in [4.78, 5) is 19.7. The van der Waals surface area contributed by atoms with Crippen LogP contribution in [0.5, 0.6) is 0 Å². The van der Waals surface area contributed by atoms with Crippen molar-refractivity contribution in [2.75, 3.05) is 5.32 Å². The van der Waals surface area contributed by atoms with E-state index in [-0.39, 0.29) is 5.91 Å². The Morgan fingerprint density at radius 2 is 2.31 bits per heavy atom. The van der Waals surface area contributed by atoms with Gasteiger partial charge in [0, 0.05) is 16.0 Å². The number of thiazole rings is 1. The van der Waals surface area contributed by atoms with E-state index in [4.69, 9.17) is 0 Å². The lowest BCUT2D eigenvalue weighted by Crippen LogP contribution is -2.13. The Balaban J connectivity index is 2.15. The molecule has 82 valence electrons. The van der Waals surface area contributed by atoms with Gasteiger partial charge >= 0.3 is 0 Å². The highest BCUT2D eigenvalue weighted by Gasteiger charge is 2.08. The highest BCUT2D eigenvalue weighted by molar-refractivity contribution is 9.10. The van der Waals surface area contributed by atoms with Crippen LogP contribution in [-0.2, 0) is 0 Å². The van der Waals surface area contributed by atoms with Crippen molar-refractivity contribution in [3.63, 3.8) is 0 Å². The third kappa shape index (κ3) is 2.45. The summed E-state index contributed by atoms with van der Waals surface area (Å²) in [5.41, 5.74) is 3.05. The first-order valence-corrected chi connectivity index (χ1v) is 6.22. The highest BCUT2D eigenvalue weighted by Crippen LogP contribution is 2.17. The van der Waals surface area contributed by atoms with Crippen LogP contribution >= 0.6 is 27.3 Å². The fourth-order valence-corrected chi connectivity index (χ4v) is 1.86. The Hall–Kier alpha value is -1.27. The van der Waals surface area contributed by atoms with E-state index < -0.39 is 0 Å². The predicted molar refractivity (Wildman–Crippen MR) is 66.7 cm³/mol. The summed E-state index contributed by atoms with van der Waals surface area (Å²) >= 11 is 4.73. The summed E-state index contributed by atoms with van der Waals surface area (Å²) in [5.74, 6) is 0.286. The van der Waals surface area contributed by atoms with Crippen LogP contribution in [0.3, 0.4) is 0 Å². The molecule has 1 N–H and O–H groups in total. The number of hydrogen-bond acceptors (Lipinski definition) is 4. The molecule has 0 aliphatic carbocycles. The summed E-state index contributed by atoms with van der Waals surface area (Å²) in [6.07, 6.45) is 1.66. The summed E-state index contributed by atoms with van der Waals surface area (Å²) in [7, 11) is 0. The molecule has 0 radical (unpaired) electrons. The van der Waals surface area contributed by atoms with Gasteiger partial charge in [-0.15, -0.1) is 11.3 Å². The quantitative estimate of drug-likeness (QED) is 0.927. The third-order valence-corrected chi connectivity index (χ3v) is 3.37. The van der Waals surface area contributed by atoms with Gasteiger partial charge in [-0.3, -0.25) is 4.79 Å². The number of carbonyl (C=O) groups excluding carboxylic acids is 1. The molecule has 0 unspecified atom stereocenters. The highest BCUT2D eigenvalue weighted by atomic mass is 79.9. The molecule has 4 nitrogen and oxygen atoms in total. The monoisotopic (exact) mass is 297 g/mol. The van der Waals surface area contributed by atoms with Crippen LogP contribution in [0.1, 0.15) is 16.1 Å². The van der Waals surface area contributed by atoms with Gasteiger partial charge in [0.2, 0.25) is 0 Å². The van der Waals surface area contributed by atoms with Crippen LogP contribution < -0.4 is 5.32 Å². The number of anilines is 1. The summed E-state index contributed by atoms with van der Waals surface area (Å²) in [6, 6.07) is 1.80. The standard InChI is InChI=1S/C10H8BrN3OS/c1-6-2-9(12-3-7(6)11)14-10(15)8-4-16-5-13-8/h2-5H,1H3,(H,12,14,15). The van der Waals surface area contributed by atoms with Crippen molar-refractivity contribution in [1.82, 2.24) is 9.97 Å². The van der Waals surface area contributed by atoms with Crippen molar-refractivity contribution >= 4 is 39.0 Å². The zero-order valence-electron chi connectivity index (χ0n) is 8.40. The lowest BCUT2D eigenvalue weighted by Gasteiger charge is -2.04. The van der Waals surface area contributed by atoms with Crippen molar-refractivity contribution < 1.29 is 4.79 Å². The van der Waals surface area contributed by atoms with Crippen molar-refractivity contribution in [2.24, 2.45) is 0 Å². The second-order valence-corrected chi connectivity index (χ2v) is 4.72. The maximum Gasteiger partial charge on any atom is 0.276 e. The average Bonchev–Trinajstić information content (AvgIpc) is 2.77. The minimum absolute atomic E-state index is 0.240. The first-order valence-electron chi connectivity index (χ1n) is 4.48. The number of pyridine rings is 1. The number of rotatable bonds is 2. The minimum Gasteiger partial charge on any atom is -0.305 e. The number of carbonyl (C=O) groups is 1. The Bertz CT molecular complexity index is 513. The topological polar surface area (TPSA) is 54.9 Å². The van der Waals surface area contributed by atoms with E-state index in [1.165, 1.54) is 11.3 Å². The fourth-order valence-electron chi connectivity index (χ4n) is 1.11. The molecule has 0 fully saturated rings. The van der Waals surface area contributed by atoms with E-state index in [2.05, 4.69) is 31.2 Å². The molecule has 0 aliphatic rings. The number of aryl methyl sites for hydroxylation is 1. The molecule has 0 bridgehead atoms. The summed E-state index contributed by atoms with van der Waals surface area (Å²) in [6.45, 7) is 1.93. The van der Waals surface area contributed by atoms with Crippen molar-refractivity contribution in [3.8, 4) is 0 Å².